The van der Waals surface area contributed by atoms with Crippen molar-refractivity contribution in [3.05, 3.63) is 0 Å². The minimum Gasteiger partial charge on any atom is -0.334 e. The molecule has 0 aliphatic carbocycles. The van der Waals surface area contributed by atoms with Gasteiger partial charge in [-0.15, -0.1) is 0 Å². The predicted octanol–water partition coefficient (Wildman–Crippen LogP) is 0.761. The standard InChI is InChI=1S/C9H13F3N2O/c10-9(11,12)7(15)14-5-8(6-14)2-1-3-13-4-8/h13H,1-6H2. The van der Waals surface area contributed by atoms with Crippen molar-refractivity contribution >= 4 is 5.91 Å². The maximum atomic E-state index is 12.1. The normalized spacial score (nSPS) is 25.1. The quantitative estimate of drug-likeness (QED) is 0.656. The molecule has 86 valence electrons. The van der Waals surface area contributed by atoms with Crippen LogP contribution in [-0.4, -0.2) is 43.2 Å². The molecule has 0 aromatic rings. The molecular formula is C9H13F3N2O. The minimum absolute atomic E-state index is 0.0842. The molecule has 15 heavy (non-hydrogen) atoms. The Morgan fingerprint density at radius 3 is 2.47 bits per heavy atom. The van der Waals surface area contributed by atoms with E-state index in [0.29, 0.717) is 0 Å². The molecule has 3 nitrogen and oxygen atoms in total. The molecule has 2 heterocycles. The van der Waals surface area contributed by atoms with Gasteiger partial charge in [0.2, 0.25) is 0 Å². The number of rotatable bonds is 0. The van der Waals surface area contributed by atoms with Crippen molar-refractivity contribution in [2.75, 3.05) is 26.2 Å². The van der Waals surface area contributed by atoms with Crippen molar-refractivity contribution in [2.45, 2.75) is 19.0 Å². The van der Waals surface area contributed by atoms with E-state index in [4.69, 9.17) is 0 Å². The topological polar surface area (TPSA) is 32.3 Å². The van der Waals surface area contributed by atoms with Crippen molar-refractivity contribution in [3.63, 3.8) is 0 Å². The molecule has 0 unspecified atom stereocenters. The Labute approximate surface area is 85.6 Å². The van der Waals surface area contributed by atoms with Gasteiger partial charge in [-0.3, -0.25) is 4.79 Å². The van der Waals surface area contributed by atoms with E-state index in [-0.39, 0.29) is 18.5 Å². The molecule has 2 aliphatic rings. The summed E-state index contributed by atoms with van der Waals surface area (Å²) in [7, 11) is 0. The third-order valence-corrected chi connectivity index (χ3v) is 3.14. The van der Waals surface area contributed by atoms with E-state index < -0.39 is 12.1 Å². The SMILES string of the molecule is O=C(N1CC2(CCCNC2)C1)C(F)(F)F. The van der Waals surface area contributed by atoms with Crippen LogP contribution in [0, 0.1) is 5.41 Å². The number of carbonyl (C=O) groups excluding carboxylic acids is 1. The lowest BCUT2D eigenvalue weighted by molar-refractivity contribution is -0.197. The van der Waals surface area contributed by atoms with E-state index in [9.17, 15) is 18.0 Å². The fourth-order valence-electron chi connectivity index (χ4n) is 2.39. The molecule has 1 spiro atoms. The molecule has 0 radical (unpaired) electrons. The van der Waals surface area contributed by atoms with Gasteiger partial charge in [-0.05, 0) is 19.4 Å². The molecule has 0 saturated carbocycles. The Morgan fingerprint density at radius 2 is 2.00 bits per heavy atom. The van der Waals surface area contributed by atoms with Gasteiger partial charge in [0.1, 0.15) is 0 Å². The number of carbonyl (C=O) groups is 1. The number of amides is 1. The average molecular weight is 222 g/mol. The number of nitrogens with zero attached hydrogens (tertiary/aromatic N) is 1. The Balaban J connectivity index is 1.89. The lowest BCUT2D eigenvalue weighted by Crippen LogP contribution is -2.65. The van der Waals surface area contributed by atoms with Crippen LogP contribution in [0.2, 0.25) is 0 Å². The monoisotopic (exact) mass is 222 g/mol. The van der Waals surface area contributed by atoms with Crippen LogP contribution in [0.3, 0.4) is 0 Å². The molecular weight excluding hydrogens is 209 g/mol. The lowest BCUT2D eigenvalue weighted by Gasteiger charge is -2.52. The Morgan fingerprint density at radius 1 is 1.33 bits per heavy atom. The average Bonchev–Trinajstić information content (AvgIpc) is 2.13. The van der Waals surface area contributed by atoms with Crippen LogP contribution in [0.5, 0.6) is 0 Å². The first-order valence-corrected chi connectivity index (χ1v) is 5.00. The van der Waals surface area contributed by atoms with E-state index in [1.54, 1.807) is 0 Å². The molecule has 2 aliphatic heterocycles. The highest BCUT2D eigenvalue weighted by Crippen LogP contribution is 2.38. The number of alkyl halides is 3. The zero-order chi connectivity index (χ0) is 11.1. The van der Waals surface area contributed by atoms with Crippen molar-refractivity contribution in [3.8, 4) is 0 Å². The molecule has 0 bridgehead atoms. The van der Waals surface area contributed by atoms with Crippen LogP contribution in [0.25, 0.3) is 0 Å². The third kappa shape index (κ3) is 1.95. The van der Waals surface area contributed by atoms with Gasteiger partial charge in [0.05, 0.1) is 0 Å². The fraction of sp³-hybridized carbons (Fsp3) is 0.889. The second-order valence-corrected chi connectivity index (χ2v) is 4.44. The maximum Gasteiger partial charge on any atom is 0.471 e. The Hall–Kier alpha value is -0.780. The molecule has 2 saturated heterocycles. The number of piperidine rings is 1. The Kier molecular flexibility index (Phi) is 2.41. The highest BCUT2D eigenvalue weighted by atomic mass is 19.4. The summed E-state index contributed by atoms with van der Waals surface area (Å²) < 4.78 is 36.2. The lowest BCUT2D eigenvalue weighted by atomic mass is 9.74. The van der Waals surface area contributed by atoms with E-state index >= 15 is 0 Å². The van der Waals surface area contributed by atoms with Gasteiger partial charge in [0.15, 0.2) is 0 Å². The predicted molar refractivity (Wildman–Crippen MR) is 47.2 cm³/mol. The smallest absolute Gasteiger partial charge is 0.334 e. The summed E-state index contributed by atoms with van der Waals surface area (Å²) in [6.07, 6.45) is -2.82. The summed E-state index contributed by atoms with van der Waals surface area (Å²) in [5, 5.41) is 3.16. The molecule has 6 heteroatoms. The summed E-state index contributed by atoms with van der Waals surface area (Å²) in [5.41, 5.74) is -0.0842. The van der Waals surface area contributed by atoms with Gasteiger partial charge >= 0.3 is 12.1 Å². The Bertz CT molecular complexity index is 263. The van der Waals surface area contributed by atoms with Crippen LogP contribution < -0.4 is 5.32 Å². The van der Waals surface area contributed by atoms with Crippen molar-refractivity contribution in [1.29, 1.82) is 0 Å². The van der Waals surface area contributed by atoms with Crippen LogP contribution in [0.4, 0.5) is 13.2 Å². The van der Waals surface area contributed by atoms with Crippen molar-refractivity contribution in [1.82, 2.24) is 10.2 Å². The number of nitrogens with one attached hydrogen (secondary N) is 1. The summed E-state index contributed by atoms with van der Waals surface area (Å²) in [5.74, 6) is -1.70. The first-order chi connectivity index (χ1) is 6.93. The van der Waals surface area contributed by atoms with Gasteiger partial charge in [0, 0.05) is 25.0 Å². The van der Waals surface area contributed by atoms with E-state index in [1.807, 2.05) is 0 Å². The van der Waals surface area contributed by atoms with Crippen LogP contribution >= 0.6 is 0 Å². The first kappa shape index (κ1) is 10.7. The van der Waals surface area contributed by atoms with Crippen molar-refractivity contribution < 1.29 is 18.0 Å². The van der Waals surface area contributed by atoms with Gasteiger partial charge in [-0.1, -0.05) is 0 Å². The van der Waals surface area contributed by atoms with Crippen LogP contribution in [-0.2, 0) is 4.79 Å². The van der Waals surface area contributed by atoms with Gasteiger partial charge in [-0.2, -0.15) is 13.2 Å². The number of likely N-dealkylation sites (tertiary alicyclic amines) is 1. The molecule has 0 aromatic carbocycles. The van der Waals surface area contributed by atoms with Crippen LogP contribution in [0.1, 0.15) is 12.8 Å². The third-order valence-electron chi connectivity index (χ3n) is 3.14. The molecule has 0 atom stereocenters. The van der Waals surface area contributed by atoms with E-state index in [0.717, 1.165) is 30.8 Å². The summed E-state index contributed by atoms with van der Waals surface area (Å²) in [6.45, 7) is 2.15. The summed E-state index contributed by atoms with van der Waals surface area (Å²) in [6, 6.07) is 0. The molecule has 1 N–H and O–H groups in total. The largest absolute Gasteiger partial charge is 0.471 e. The van der Waals surface area contributed by atoms with Crippen LogP contribution in [0.15, 0.2) is 0 Å². The number of halogens is 3. The van der Waals surface area contributed by atoms with Gasteiger partial charge in [0.25, 0.3) is 0 Å². The number of hydrogen-bond donors (Lipinski definition) is 1. The van der Waals surface area contributed by atoms with Gasteiger partial charge < -0.3 is 10.2 Å². The second-order valence-electron chi connectivity index (χ2n) is 4.44. The number of hydrogen-bond acceptors (Lipinski definition) is 2. The molecule has 2 rings (SSSR count). The second kappa shape index (κ2) is 3.37. The van der Waals surface area contributed by atoms with Crippen molar-refractivity contribution in [2.24, 2.45) is 5.41 Å². The van der Waals surface area contributed by atoms with E-state index in [2.05, 4.69) is 5.32 Å². The molecule has 0 aromatic heterocycles. The van der Waals surface area contributed by atoms with E-state index in [1.165, 1.54) is 0 Å². The zero-order valence-electron chi connectivity index (χ0n) is 8.23. The minimum atomic E-state index is -4.72. The highest BCUT2D eigenvalue weighted by Gasteiger charge is 2.52. The summed E-state index contributed by atoms with van der Waals surface area (Å²) in [4.78, 5) is 11.7. The highest BCUT2D eigenvalue weighted by molar-refractivity contribution is 5.82. The zero-order valence-corrected chi connectivity index (χ0v) is 8.23. The fourth-order valence-corrected chi connectivity index (χ4v) is 2.39. The maximum absolute atomic E-state index is 12.1. The molecule has 2 fully saturated rings. The molecule has 1 amide bonds. The van der Waals surface area contributed by atoms with Gasteiger partial charge in [-0.25, -0.2) is 0 Å². The summed E-state index contributed by atoms with van der Waals surface area (Å²) >= 11 is 0. The first-order valence-electron chi connectivity index (χ1n) is 5.00.